The van der Waals surface area contributed by atoms with E-state index in [0.717, 1.165) is 36.9 Å². The van der Waals surface area contributed by atoms with Crippen molar-refractivity contribution < 1.29 is 5.11 Å². The molecule has 5 heteroatoms. The number of benzene rings is 1. The Kier molecular flexibility index (Phi) is 6.25. The molecule has 0 bridgehead atoms. The molecule has 0 amide bonds. The number of hydrogen-bond donors (Lipinski definition) is 2. The van der Waals surface area contributed by atoms with Crippen LogP contribution in [0.1, 0.15) is 70.9 Å². The van der Waals surface area contributed by atoms with Gasteiger partial charge in [0.25, 0.3) is 0 Å². The van der Waals surface area contributed by atoms with Crippen molar-refractivity contribution in [2.24, 2.45) is 0 Å². The summed E-state index contributed by atoms with van der Waals surface area (Å²) in [6.07, 6.45) is 5.69. The maximum atomic E-state index is 9.01. The lowest BCUT2D eigenvalue weighted by Crippen LogP contribution is -2.46. The number of anilines is 1. The SMILES string of the molecule is CC1(C)CCC(C)(C)c2cc(-c3csc(N4CCCC(NCCCO)C4)n3)ccc21. The predicted octanol–water partition coefficient (Wildman–Crippen LogP) is 5.10. The van der Waals surface area contributed by atoms with Crippen LogP contribution in [0, 0.1) is 0 Å². The van der Waals surface area contributed by atoms with Gasteiger partial charge in [0, 0.05) is 36.7 Å². The molecule has 0 radical (unpaired) electrons. The average molecular weight is 428 g/mol. The number of fused-ring (bicyclic) bond motifs is 1. The molecule has 1 atom stereocenters. The van der Waals surface area contributed by atoms with Crippen LogP contribution >= 0.6 is 11.3 Å². The van der Waals surface area contributed by atoms with Crippen molar-refractivity contribution in [2.45, 2.75) is 76.7 Å². The van der Waals surface area contributed by atoms with E-state index in [-0.39, 0.29) is 17.4 Å². The molecule has 2 aromatic rings. The number of hydrogen-bond acceptors (Lipinski definition) is 5. The number of nitrogens with zero attached hydrogens (tertiary/aromatic N) is 2. The Morgan fingerprint density at radius 2 is 1.93 bits per heavy atom. The third-order valence-electron chi connectivity index (χ3n) is 7.10. The first kappa shape index (κ1) is 21.8. The zero-order chi connectivity index (χ0) is 21.4. The second-order valence-electron chi connectivity index (χ2n) is 10.4. The number of piperidine rings is 1. The molecule has 2 heterocycles. The molecule has 0 spiro atoms. The molecule has 4 nitrogen and oxygen atoms in total. The van der Waals surface area contributed by atoms with Crippen molar-refractivity contribution in [3.63, 3.8) is 0 Å². The summed E-state index contributed by atoms with van der Waals surface area (Å²) in [6, 6.07) is 7.53. The Morgan fingerprint density at radius 3 is 2.70 bits per heavy atom. The van der Waals surface area contributed by atoms with Crippen molar-refractivity contribution in [2.75, 3.05) is 31.1 Å². The molecule has 30 heavy (non-hydrogen) atoms. The molecule has 4 rings (SSSR count). The highest BCUT2D eigenvalue weighted by Crippen LogP contribution is 2.46. The third kappa shape index (κ3) is 4.44. The molecule has 2 N–H and O–H groups in total. The molecule has 1 fully saturated rings. The summed E-state index contributed by atoms with van der Waals surface area (Å²) in [7, 11) is 0. The number of nitrogens with one attached hydrogen (secondary N) is 1. The minimum absolute atomic E-state index is 0.222. The zero-order valence-corrected chi connectivity index (χ0v) is 19.8. The first-order valence-electron chi connectivity index (χ1n) is 11.5. The van der Waals surface area contributed by atoms with Crippen molar-refractivity contribution >= 4 is 16.5 Å². The van der Waals surface area contributed by atoms with E-state index in [2.05, 4.69) is 61.5 Å². The Balaban J connectivity index is 1.53. The van der Waals surface area contributed by atoms with E-state index in [9.17, 15) is 0 Å². The lowest BCUT2D eigenvalue weighted by Gasteiger charge is -2.42. The number of aliphatic hydroxyl groups is 1. The molecule has 1 aromatic carbocycles. The third-order valence-corrected chi connectivity index (χ3v) is 8.00. The van der Waals surface area contributed by atoms with Gasteiger partial charge in [-0.1, -0.05) is 39.8 Å². The van der Waals surface area contributed by atoms with Gasteiger partial charge < -0.3 is 15.3 Å². The number of aliphatic hydroxyl groups excluding tert-OH is 1. The van der Waals surface area contributed by atoms with Crippen LogP contribution in [0.15, 0.2) is 23.6 Å². The molecule has 2 aliphatic rings. The van der Waals surface area contributed by atoms with Gasteiger partial charge in [-0.15, -0.1) is 11.3 Å². The maximum Gasteiger partial charge on any atom is 0.185 e. The fraction of sp³-hybridized carbons (Fsp3) is 0.640. The van der Waals surface area contributed by atoms with Gasteiger partial charge in [-0.05, 0) is 66.7 Å². The van der Waals surface area contributed by atoms with E-state index < -0.39 is 0 Å². The highest BCUT2D eigenvalue weighted by Gasteiger charge is 2.37. The molecule has 1 aromatic heterocycles. The van der Waals surface area contributed by atoms with E-state index in [1.807, 2.05) is 0 Å². The topological polar surface area (TPSA) is 48.4 Å². The first-order valence-corrected chi connectivity index (χ1v) is 12.4. The maximum absolute atomic E-state index is 9.01. The van der Waals surface area contributed by atoms with E-state index in [4.69, 9.17) is 10.1 Å². The van der Waals surface area contributed by atoms with Gasteiger partial charge in [-0.2, -0.15) is 0 Å². The van der Waals surface area contributed by atoms with E-state index in [0.29, 0.717) is 6.04 Å². The average Bonchev–Trinajstić information content (AvgIpc) is 3.22. The highest BCUT2D eigenvalue weighted by atomic mass is 32.1. The first-order chi connectivity index (χ1) is 14.3. The molecular formula is C25H37N3OS. The second-order valence-corrected chi connectivity index (χ2v) is 11.2. The quantitative estimate of drug-likeness (QED) is 0.630. The lowest BCUT2D eigenvalue weighted by molar-refractivity contribution is 0.280. The number of rotatable bonds is 6. The second kappa shape index (κ2) is 8.60. The summed E-state index contributed by atoms with van der Waals surface area (Å²) in [6.45, 7) is 12.8. The zero-order valence-electron chi connectivity index (χ0n) is 19.0. The van der Waals surface area contributed by atoms with Crippen LogP contribution < -0.4 is 10.2 Å². The Morgan fingerprint density at radius 1 is 1.17 bits per heavy atom. The predicted molar refractivity (Wildman–Crippen MR) is 128 cm³/mol. The van der Waals surface area contributed by atoms with Crippen LogP contribution in [0.5, 0.6) is 0 Å². The molecule has 1 aliphatic carbocycles. The van der Waals surface area contributed by atoms with Gasteiger partial charge in [0.15, 0.2) is 5.13 Å². The largest absolute Gasteiger partial charge is 0.396 e. The van der Waals surface area contributed by atoms with Crippen molar-refractivity contribution in [3.8, 4) is 11.3 Å². The van der Waals surface area contributed by atoms with Gasteiger partial charge in [0.1, 0.15) is 0 Å². The summed E-state index contributed by atoms with van der Waals surface area (Å²) in [4.78, 5) is 7.48. The summed E-state index contributed by atoms with van der Waals surface area (Å²) in [5.41, 5.74) is 5.83. The fourth-order valence-corrected chi connectivity index (χ4v) is 5.86. The molecule has 1 unspecified atom stereocenters. The van der Waals surface area contributed by atoms with Gasteiger partial charge in [0.05, 0.1) is 5.69 Å². The Hall–Kier alpha value is -1.43. The smallest absolute Gasteiger partial charge is 0.185 e. The highest BCUT2D eigenvalue weighted by molar-refractivity contribution is 7.14. The van der Waals surface area contributed by atoms with Crippen molar-refractivity contribution in [1.29, 1.82) is 0 Å². The van der Waals surface area contributed by atoms with Crippen LogP contribution in [0.4, 0.5) is 5.13 Å². The monoisotopic (exact) mass is 427 g/mol. The lowest BCUT2D eigenvalue weighted by atomic mass is 9.63. The van der Waals surface area contributed by atoms with Gasteiger partial charge in [-0.3, -0.25) is 0 Å². The summed E-state index contributed by atoms with van der Waals surface area (Å²) >= 11 is 1.77. The normalized spacial score (nSPS) is 22.7. The van der Waals surface area contributed by atoms with Gasteiger partial charge in [-0.25, -0.2) is 4.98 Å². The van der Waals surface area contributed by atoms with Crippen LogP contribution in [-0.2, 0) is 10.8 Å². The molecular weight excluding hydrogens is 390 g/mol. The van der Waals surface area contributed by atoms with E-state index >= 15 is 0 Å². The van der Waals surface area contributed by atoms with Gasteiger partial charge in [0.2, 0.25) is 0 Å². The molecule has 0 saturated carbocycles. The summed E-state index contributed by atoms with van der Waals surface area (Å²) in [5.74, 6) is 0. The Bertz CT molecular complexity index is 873. The summed E-state index contributed by atoms with van der Waals surface area (Å²) < 4.78 is 0. The fourth-order valence-electron chi connectivity index (χ4n) is 4.99. The summed E-state index contributed by atoms with van der Waals surface area (Å²) in [5, 5.41) is 16.0. The van der Waals surface area contributed by atoms with Crippen LogP contribution in [0.25, 0.3) is 11.3 Å². The van der Waals surface area contributed by atoms with Crippen molar-refractivity contribution in [1.82, 2.24) is 10.3 Å². The molecule has 164 valence electrons. The number of aromatic nitrogens is 1. The van der Waals surface area contributed by atoms with Crippen LogP contribution in [0.3, 0.4) is 0 Å². The molecule has 1 saturated heterocycles. The standard InChI is InChI=1S/C25H37N3OS/c1-24(2)10-11-25(3,4)21-15-18(8-9-20(21)24)22-17-30-23(27-22)28-13-5-7-19(16-28)26-12-6-14-29/h8-9,15,17,19,26,29H,5-7,10-14,16H2,1-4H3. The van der Waals surface area contributed by atoms with Crippen LogP contribution in [-0.4, -0.2) is 42.4 Å². The van der Waals surface area contributed by atoms with Gasteiger partial charge >= 0.3 is 0 Å². The minimum Gasteiger partial charge on any atom is -0.396 e. The van der Waals surface area contributed by atoms with Crippen molar-refractivity contribution in [3.05, 3.63) is 34.7 Å². The van der Waals surface area contributed by atoms with E-state index in [1.54, 1.807) is 11.3 Å². The van der Waals surface area contributed by atoms with E-state index in [1.165, 1.54) is 42.4 Å². The number of thiazole rings is 1. The molecule has 1 aliphatic heterocycles. The Labute approximate surface area is 185 Å². The minimum atomic E-state index is 0.222. The van der Waals surface area contributed by atoms with Crippen LogP contribution in [0.2, 0.25) is 0 Å².